The average Bonchev–Trinajstić information content (AvgIpc) is 2.83. The van der Waals surface area contributed by atoms with Crippen LogP contribution in [0.25, 0.3) is 10.9 Å². The Balaban J connectivity index is 1.96. The number of anilines is 1. The van der Waals surface area contributed by atoms with Crippen molar-refractivity contribution in [3.05, 3.63) is 48.0 Å². The molecule has 0 aliphatic carbocycles. The zero-order valence-electron chi connectivity index (χ0n) is 11.2. The molecule has 20 heavy (non-hydrogen) atoms. The van der Waals surface area contributed by atoms with Crippen LogP contribution in [0.4, 0.5) is 10.1 Å². The Morgan fingerprint density at radius 2 is 2.15 bits per heavy atom. The monoisotopic (exact) mass is 272 g/mol. The third-order valence-electron chi connectivity index (χ3n) is 3.04. The Bertz CT molecular complexity index is 756. The van der Waals surface area contributed by atoms with Gasteiger partial charge in [0.25, 0.3) is 0 Å². The molecule has 0 aliphatic rings. The van der Waals surface area contributed by atoms with E-state index in [-0.39, 0.29) is 5.82 Å². The predicted octanol–water partition coefficient (Wildman–Crippen LogP) is 2.70. The van der Waals surface area contributed by atoms with E-state index in [4.69, 9.17) is 4.52 Å². The van der Waals surface area contributed by atoms with E-state index >= 15 is 0 Å². The molecule has 0 saturated heterocycles. The number of aryl methyl sites for hydroxylation is 1. The van der Waals surface area contributed by atoms with Crippen LogP contribution in [0.3, 0.4) is 0 Å². The molecule has 0 saturated carbocycles. The highest BCUT2D eigenvalue weighted by molar-refractivity contribution is 5.91. The van der Waals surface area contributed by atoms with Gasteiger partial charge in [-0.05, 0) is 18.2 Å². The van der Waals surface area contributed by atoms with Gasteiger partial charge in [0, 0.05) is 37.3 Å². The summed E-state index contributed by atoms with van der Waals surface area (Å²) in [6.45, 7) is 2.26. The number of hydrogen-bond donors (Lipinski definition) is 0. The molecule has 2 heterocycles. The number of aromatic nitrogens is 3. The summed E-state index contributed by atoms with van der Waals surface area (Å²) in [4.78, 5) is 10.3. The second-order valence-corrected chi connectivity index (χ2v) is 4.58. The van der Waals surface area contributed by atoms with E-state index in [0.717, 1.165) is 11.1 Å². The lowest BCUT2D eigenvalue weighted by Gasteiger charge is -2.19. The Morgan fingerprint density at radius 1 is 1.30 bits per heavy atom. The number of halogens is 1. The average molecular weight is 272 g/mol. The van der Waals surface area contributed by atoms with Crippen molar-refractivity contribution in [1.29, 1.82) is 0 Å². The van der Waals surface area contributed by atoms with Crippen molar-refractivity contribution in [1.82, 2.24) is 15.1 Å². The van der Waals surface area contributed by atoms with E-state index in [2.05, 4.69) is 15.1 Å². The molecule has 0 fully saturated rings. The number of benzene rings is 1. The first-order valence-electron chi connectivity index (χ1n) is 6.18. The minimum atomic E-state index is -0.293. The molecular weight excluding hydrogens is 259 g/mol. The number of nitrogens with zero attached hydrogens (tertiary/aromatic N) is 4. The summed E-state index contributed by atoms with van der Waals surface area (Å²) in [5, 5.41) is 4.76. The highest BCUT2D eigenvalue weighted by atomic mass is 19.1. The number of fused-ring (bicyclic) bond motifs is 1. The highest BCUT2D eigenvalue weighted by Gasteiger charge is 2.11. The van der Waals surface area contributed by atoms with Gasteiger partial charge in [0.05, 0.1) is 12.1 Å². The van der Waals surface area contributed by atoms with Gasteiger partial charge in [-0.3, -0.25) is 4.98 Å². The number of pyridine rings is 1. The summed E-state index contributed by atoms with van der Waals surface area (Å²) >= 11 is 0. The maximum atomic E-state index is 13.2. The molecule has 3 aromatic rings. The molecule has 6 heteroatoms. The maximum absolute atomic E-state index is 13.2. The SMILES string of the molecule is Cc1nc(CN(C)c2ccnc3cc(F)ccc23)no1. The first kappa shape index (κ1) is 12.5. The summed E-state index contributed by atoms with van der Waals surface area (Å²) in [5.41, 5.74) is 1.57. The molecule has 0 spiro atoms. The van der Waals surface area contributed by atoms with Gasteiger partial charge in [-0.1, -0.05) is 5.16 Å². The van der Waals surface area contributed by atoms with Gasteiger partial charge in [-0.2, -0.15) is 4.98 Å². The van der Waals surface area contributed by atoms with Crippen LogP contribution in [0.5, 0.6) is 0 Å². The van der Waals surface area contributed by atoms with Crippen molar-refractivity contribution in [3.8, 4) is 0 Å². The normalized spacial score (nSPS) is 10.9. The van der Waals surface area contributed by atoms with E-state index in [0.29, 0.717) is 23.8 Å². The molecule has 5 nitrogen and oxygen atoms in total. The van der Waals surface area contributed by atoms with E-state index < -0.39 is 0 Å². The second-order valence-electron chi connectivity index (χ2n) is 4.58. The molecule has 1 aromatic carbocycles. The maximum Gasteiger partial charge on any atom is 0.223 e. The smallest absolute Gasteiger partial charge is 0.223 e. The summed E-state index contributed by atoms with van der Waals surface area (Å²) < 4.78 is 18.2. The Labute approximate surface area is 115 Å². The van der Waals surface area contributed by atoms with Gasteiger partial charge in [-0.15, -0.1) is 0 Å². The van der Waals surface area contributed by atoms with Gasteiger partial charge in [-0.25, -0.2) is 4.39 Å². The number of rotatable bonds is 3. The second kappa shape index (κ2) is 4.88. The van der Waals surface area contributed by atoms with Crippen LogP contribution in [0, 0.1) is 12.7 Å². The van der Waals surface area contributed by atoms with Crippen molar-refractivity contribution in [2.45, 2.75) is 13.5 Å². The topological polar surface area (TPSA) is 55.1 Å². The van der Waals surface area contributed by atoms with E-state index in [9.17, 15) is 4.39 Å². The quantitative estimate of drug-likeness (QED) is 0.733. The molecule has 0 radical (unpaired) electrons. The van der Waals surface area contributed by atoms with Crippen LogP contribution < -0.4 is 4.90 Å². The van der Waals surface area contributed by atoms with Gasteiger partial charge in [0.2, 0.25) is 5.89 Å². The lowest BCUT2D eigenvalue weighted by molar-refractivity contribution is 0.387. The molecular formula is C14H13FN4O. The molecule has 2 aromatic heterocycles. The Kier molecular flexibility index (Phi) is 3.06. The molecule has 0 aliphatic heterocycles. The largest absolute Gasteiger partial charge is 0.366 e. The summed E-state index contributed by atoms with van der Waals surface area (Å²) in [5.74, 6) is 0.853. The van der Waals surface area contributed by atoms with Gasteiger partial charge in [0.15, 0.2) is 5.82 Å². The first-order valence-corrected chi connectivity index (χ1v) is 6.18. The van der Waals surface area contributed by atoms with Crippen LogP contribution in [0.1, 0.15) is 11.7 Å². The Hall–Kier alpha value is -2.50. The molecule has 0 bridgehead atoms. The molecule has 0 atom stereocenters. The van der Waals surface area contributed by atoms with E-state index in [1.807, 2.05) is 18.0 Å². The standard InChI is InChI=1S/C14H13FN4O/c1-9-17-14(18-20-9)8-19(2)13-5-6-16-12-7-10(15)3-4-11(12)13/h3-7H,8H2,1-2H3. The van der Waals surface area contributed by atoms with Crippen LogP contribution >= 0.6 is 0 Å². The Morgan fingerprint density at radius 3 is 2.90 bits per heavy atom. The van der Waals surface area contributed by atoms with Crippen LogP contribution in [0.2, 0.25) is 0 Å². The van der Waals surface area contributed by atoms with Crippen molar-refractivity contribution >= 4 is 16.6 Å². The minimum absolute atomic E-state index is 0.293. The lowest BCUT2D eigenvalue weighted by atomic mass is 10.1. The van der Waals surface area contributed by atoms with Crippen molar-refractivity contribution in [2.24, 2.45) is 0 Å². The predicted molar refractivity (Wildman–Crippen MR) is 72.8 cm³/mol. The summed E-state index contributed by atoms with van der Waals surface area (Å²) in [7, 11) is 1.92. The molecule has 0 N–H and O–H groups in total. The first-order chi connectivity index (χ1) is 9.63. The molecule has 0 unspecified atom stereocenters. The lowest BCUT2D eigenvalue weighted by Crippen LogP contribution is -2.17. The van der Waals surface area contributed by atoms with Crippen LogP contribution in [-0.4, -0.2) is 22.2 Å². The summed E-state index contributed by atoms with van der Waals surface area (Å²) in [6, 6.07) is 6.46. The van der Waals surface area contributed by atoms with Crippen LogP contribution in [-0.2, 0) is 6.54 Å². The fourth-order valence-electron chi connectivity index (χ4n) is 2.14. The fourth-order valence-corrected chi connectivity index (χ4v) is 2.14. The third kappa shape index (κ3) is 2.32. The zero-order valence-corrected chi connectivity index (χ0v) is 11.2. The van der Waals surface area contributed by atoms with Crippen molar-refractivity contribution in [2.75, 3.05) is 11.9 Å². The van der Waals surface area contributed by atoms with Crippen molar-refractivity contribution in [3.63, 3.8) is 0 Å². The van der Waals surface area contributed by atoms with Gasteiger partial charge >= 0.3 is 0 Å². The van der Waals surface area contributed by atoms with Gasteiger partial charge < -0.3 is 9.42 Å². The zero-order chi connectivity index (χ0) is 14.1. The number of hydrogen-bond acceptors (Lipinski definition) is 5. The fraction of sp³-hybridized carbons (Fsp3) is 0.214. The minimum Gasteiger partial charge on any atom is -0.366 e. The molecule has 0 amide bonds. The van der Waals surface area contributed by atoms with Gasteiger partial charge in [0.1, 0.15) is 5.82 Å². The summed E-state index contributed by atoms with van der Waals surface area (Å²) in [6.07, 6.45) is 1.66. The van der Waals surface area contributed by atoms with Crippen LogP contribution in [0.15, 0.2) is 35.0 Å². The van der Waals surface area contributed by atoms with Crippen molar-refractivity contribution < 1.29 is 8.91 Å². The van der Waals surface area contributed by atoms with E-state index in [1.165, 1.54) is 12.1 Å². The third-order valence-corrected chi connectivity index (χ3v) is 3.04. The molecule has 3 rings (SSSR count). The van der Waals surface area contributed by atoms with E-state index in [1.54, 1.807) is 19.2 Å². The highest BCUT2D eigenvalue weighted by Crippen LogP contribution is 2.25. The molecule has 102 valence electrons.